The lowest BCUT2D eigenvalue weighted by Crippen LogP contribution is -2.35. The van der Waals surface area contributed by atoms with Crippen LogP contribution < -0.4 is 11.1 Å². The third-order valence-corrected chi connectivity index (χ3v) is 8.89. The van der Waals surface area contributed by atoms with Gasteiger partial charge in [-0.3, -0.25) is 14.5 Å². The number of nitrogens with zero attached hydrogens (tertiary/aromatic N) is 6. The van der Waals surface area contributed by atoms with Crippen molar-refractivity contribution in [3.63, 3.8) is 0 Å². The van der Waals surface area contributed by atoms with E-state index in [4.69, 9.17) is 14.5 Å². The molecule has 41 heavy (non-hydrogen) atoms. The summed E-state index contributed by atoms with van der Waals surface area (Å²) in [5, 5.41) is 7.35. The van der Waals surface area contributed by atoms with Crippen LogP contribution in [0, 0.1) is 17.8 Å². The molecule has 4 aromatic heterocycles. The number of nitrogens with one attached hydrogen (secondary N) is 2. The standard InChI is InChI=1S/C29H36F2N8O2/c1-15(2)20-10-11-32-21(12-20)27-36-24-22(39(27)14-18-9-8-16(3)29(30,31)13-18)23(33-17(4)19-6-5-7-19)34-25(35-24)26-37-28(40)41-38-26/h10-12,15-19H,5-9,13-14H2,1-4H3,(H,33,34,35)(H,37,38,40)/t16?,17-,18?/m1/s1. The van der Waals surface area contributed by atoms with E-state index in [2.05, 4.69) is 46.2 Å². The predicted octanol–water partition coefficient (Wildman–Crippen LogP) is 6.03. The van der Waals surface area contributed by atoms with E-state index in [9.17, 15) is 13.6 Å². The van der Waals surface area contributed by atoms with Crippen LogP contribution >= 0.6 is 0 Å². The monoisotopic (exact) mass is 566 g/mol. The van der Waals surface area contributed by atoms with Gasteiger partial charge in [0.05, 0.1) is 0 Å². The number of fused-ring (bicyclic) bond motifs is 1. The number of hydrogen-bond acceptors (Lipinski definition) is 8. The Morgan fingerprint density at radius 1 is 1.17 bits per heavy atom. The van der Waals surface area contributed by atoms with Crippen LogP contribution in [0.2, 0.25) is 0 Å². The highest BCUT2D eigenvalue weighted by Gasteiger charge is 2.43. The van der Waals surface area contributed by atoms with Gasteiger partial charge in [-0.1, -0.05) is 32.3 Å². The third-order valence-electron chi connectivity index (χ3n) is 8.89. The fourth-order valence-corrected chi connectivity index (χ4v) is 5.94. The van der Waals surface area contributed by atoms with Crippen molar-refractivity contribution in [3.8, 4) is 23.2 Å². The Morgan fingerprint density at radius 2 is 1.98 bits per heavy atom. The Morgan fingerprint density at radius 3 is 2.63 bits per heavy atom. The molecule has 0 aliphatic heterocycles. The van der Waals surface area contributed by atoms with Gasteiger partial charge in [0, 0.05) is 31.1 Å². The molecule has 218 valence electrons. The average Bonchev–Trinajstić information content (AvgIpc) is 3.49. The van der Waals surface area contributed by atoms with E-state index in [0.29, 0.717) is 53.8 Å². The number of halogens is 2. The van der Waals surface area contributed by atoms with Crippen LogP contribution in [0.4, 0.5) is 14.6 Å². The quantitative estimate of drug-likeness (QED) is 0.265. The van der Waals surface area contributed by atoms with Crippen molar-refractivity contribution in [2.45, 2.75) is 90.6 Å². The molecular formula is C29H36F2N8O2. The van der Waals surface area contributed by atoms with E-state index in [-0.39, 0.29) is 35.9 Å². The zero-order valence-electron chi connectivity index (χ0n) is 23.8. The van der Waals surface area contributed by atoms with E-state index in [0.717, 1.165) is 18.4 Å². The lowest BCUT2D eigenvalue weighted by Gasteiger charge is -2.34. The first kappa shape index (κ1) is 27.5. The molecule has 3 atom stereocenters. The van der Waals surface area contributed by atoms with Crippen molar-refractivity contribution in [2.24, 2.45) is 17.8 Å². The predicted molar refractivity (Wildman–Crippen MR) is 151 cm³/mol. The number of hydrogen-bond donors (Lipinski definition) is 2. The van der Waals surface area contributed by atoms with E-state index >= 15 is 0 Å². The van der Waals surface area contributed by atoms with Gasteiger partial charge in [-0.25, -0.2) is 28.5 Å². The summed E-state index contributed by atoms with van der Waals surface area (Å²) >= 11 is 0. The maximum Gasteiger partial charge on any atom is 0.439 e. The van der Waals surface area contributed by atoms with Gasteiger partial charge in [-0.2, -0.15) is 0 Å². The molecule has 10 nitrogen and oxygen atoms in total. The van der Waals surface area contributed by atoms with E-state index < -0.39 is 17.6 Å². The topological polar surface area (TPSA) is 127 Å². The summed E-state index contributed by atoms with van der Waals surface area (Å²) in [5.41, 5.74) is 2.72. The highest BCUT2D eigenvalue weighted by atomic mass is 19.3. The van der Waals surface area contributed by atoms with E-state index in [1.165, 1.54) is 6.42 Å². The molecule has 12 heteroatoms. The summed E-state index contributed by atoms with van der Waals surface area (Å²) in [6.07, 6.45) is 6.15. The average molecular weight is 567 g/mol. The molecule has 0 amide bonds. The summed E-state index contributed by atoms with van der Waals surface area (Å²) < 4.78 is 36.4. The van der Waals surface area contributed by atoms with Crippen LogP contribution in [0.25, 0.3) is 34.3 Å². The van der Waals surface area contributed by atoms with Crippen molar-refractivity contribution in [1.29, 1.82) is 0 Å². The third kappa shape index (κ3) is 5.36. The highest BCUT2D eigenvalue weighted by Crippen LogP contribution is 2.43. The molecule has 4 heterocycles. The van der Waals surface area contributed by atoms with E-state index in [1.54, 1.807) is 13.1 Å². The van der Waals surface area contributed by atoms with Crippen molar-refractivity contribution in [2.75, 3.05) is 5.32 Å². The zero-order chi connectivity index (χ0) is 28.9. The Bertz CT molecular complexity index is 1610. The second-order valence-electron chi connectivity index (χ2n) is 12.1. The molecule has 2 saturated carbocycles. The molecule has 6 rings (SSSR count). The summed E-state index contributed by atoms with van der Waals surface area (Å²) in [4.78, 5) is 33.2. The second kappa shape index (κ2) is 10.6. The number of pyridine rings is 1. The first-order chi connectivity index (χ1) is 19.6. The van der Waals surface area contributed by atoms with Gasteiger partial charge in [0.25, 0.3) is 5.92 Å². The minimum Gasteiger partial charge on any atom is -0.365 e. The maximum absolute atomic E-state index is 14.9. The molecular weight excluding hydrogens is 530 g/mol. The number of alkyl halides is 2. The van der Waals surface area contributed by atoms with Gasteiger partial charge in [0.15, 0.2) is 17.3 Å². The second-order valence-corrected chi connectivity index (χ2v) is 12.1. The summed E-state index contributed by atoms with van der Waals surface area (Å²) in [6, 6.07) is 4.07. The van der Waals surface area contributed by atoms with Crippen LogP contribution in [0.5, 0.6) is 0 Å². The Labute approximate surface area is 236 Å². The summed E-state index contributed by atoms with van der Waals surface area (Å²) in [5.74, 6) is -2.26. The normalized spacial score (nSPS) is 21.7. The number of rotatable bonds is 8. The number of H-pyrrole nitrogens is 1. The molecule has 2 unspecified atom stereocenters. The molecule has 0 aromatic carbocycles. The lowest BCUT2D eigenvalue weighted by molar-refractivity contribution is -0.0970. The van der Waals surface area contributed by atoms with E-state index in [1.807, 2.05) is 16.7 Å². The van der Waals surface area contributed by atoms with Crippen LogP contribution in [0.1, 0.15) is 77.7 Å². The van der Waals surface area contributed by atoms with Crippen molar-refractivity contribution in [1.82, 2.24) is 34.6 Å². The van der Waals surface area contributed by atoms with Crippen LogP contribution in [-0.2, 0) is 6.54 Å². The van der Waals surface area contributed by atoms with Gasteiger partial charge >= 0.3 is 5.76 Å². The fraction of sp³-hybridized carbons (Fsp3) is 0.586. The molecule has 4 aromatic rings. The molecule has 0 saturated heterocycles. The van der Waals surface area contributed by atoms with Crippen molar-refractivity contribution in [3.05, 3.63) is 34.4 Å². The van der Waals surface area contributed by atoms with Crippen LogP contribution in [-0.4, -0.2) is 46.6 Å². The first-order valence-corrected chi connectivity index (χ1v) is 14.5. The molecule has 2 aliphatic carbocycles. The number of anilines is 1. The summed E-state index contributed by atoms with van der Waals surface area (Å²) in [6.45, 7) is 8.29. The van der Waals surface area contributed by atoms with Gasteiger partial charge < -0.3 is 9.88 Å². The van der Waals surface area contributed by atoms with Gasteiger partial charge in [-0.05, 0) is 68.1 Å². The molecule has 0 radical (unpaired) electrons. The Hall–Kier alpha value is -3.70. The van der Waals surface area contributed by atoms with Gasteiger partial charge in [-0.15, -0.1) is 0 Å². The SMILES string of the molecule is CC(C)c1ccnc(-c2nc3nc(-c4noc(=O)[nH]4)nc(N[C@H](C)C4CCC4)c3n2CC2CCC(C)C(F)(F)C2)c1. The van der Waals surface area contributed by atoms with Crippen LogP contribution in [0.15, 0.2) is 27.6 Å². The largest absolute Gasteiger partial charge is 0.439 e. The van der Waals surface area contributed by atoms with Crippen LogP contribution in [0.3, 0.4) is 0 Å². The number of aromatic nitrogens is 7. The first-order valence-electron chi connectivity index (χ1n) is 14.5. The highest BCUT2D eigenvalue weighted by molar-refractivity contribution is 5.88. The Balaban J connectivity index is 1.53. The fourth-order valence-electron chi connectivity index (χ4n) is 5.94. The smallest absolute Gasteiger partial charge is 0.365 e. The minimum absolute atomic E-state index is 0.0909. The lowest BCUT2D eigenvalue weighted by atomic mass is 9.80. The van der Waals surface area contributed by atoms with Gasteiger partial charge in [0.2, 0.25) is 11.6 Å². The minimum atomic E-state index is -2.72. The Kier molecular flexibility index (Phi) is 7.11. The summed E-state index contributed by atoms with van der Waals surface area (Å²) in [7, 11) is 0. The van der Waals surface area contributed by atoms with Crippen molar-refractivity contribution >= 4 is 17.0 Å². The van der Waals surface area contributed by atoms with Gasteiger partial charge in [0.1, 0.15) is 11.2 Å². The number of imidazole rings is 1. The molecule has 2 aliphatic rings. The molecule has 2 fully saturated rings. The zero-order valence-corrected chi connectivity index (χ0v) is 23.8. The maximum atomic E-state index is 14.9. The number of aromatic amines is 1. The molecule has 0 spiro atoms. The molecule has 2 N–H and O–H groups in total. The molecule has 0 bridgehead atoms. The van der Waals surface area contributed by atoms with Crippen molar-refractivity contribution < 1.29 is 13.3 Å².